The Kier molecular flexibility index (Phi) is 8.81. The molecular formula is C30H27F3N6O3S. The number of amides is 3. The van der Waals surface area contributed by atoms with Gasteiger partial charge in [0, 0.05) is 12.1 Å². The van der Waals surface area contributed by atoms with E-state index in [1.807, 2.05) is 56.3 Å². The first-order valence-corrected chi connectivity index (χ1v) is 14.4. The predicted octanol–water partition coefficient (Wildman–Crippen LogP) is 6.09. The van der Waals surface area contributed by atoms with E-state index in [0.29, 0.717) is 29.6 Å². The van der Waals surface area contributed by atoms with Crippen molar-refractivity contribution < 1.29 is 27.5 Å². The average molecular weight is 609 g/mol. The lowest BCUT2D eigenvalue weighted by Crippen LogP contribution is -2.32. The van der Waals surface area contributed by atoms with Crippen LogP contribution in [0.4, 0.5) is 23.7 Å². The summed E-state index contributed by atoms with van der Waals surface area (Å²) < 4.78 is 42.5. The molecule has 2 heterocycles. The molecule has 0 unspecified atom stereocenters. The minimum absolute atomic E-state index is 0.107. The van der Waals surface area contributed by atoms with Gasteiger partial charge in [-0.1, -0.05) is 55.1 Å². The van der Waals surface area contributed by atoms with E-state index in [4.69, 9.17) is 0 Å². The summed E-state index contributed by atoms with van der Waals surface area (Å²) in [4.78, 5) is 35.3. The molecule has 5 rings (SSSR count). The number of nitrogens with one attached hydrogen (secondary N) is 1. The minimum Gasteiger partial charge on any atom is -0.406 e. The van der Waals surface area contributed by atoms with Gasteiger partial charge in [0.1, 0.15) is 12.1 Å². The predicted molar refractivity (Wildman–Crippen MR) is 159 cm³/mol. The normalized spacial score (nSPS) is 14.4. The number of thioether (sulfide) groups is 1. The number of urea groups is 1. The summed E-state index contributed by atoms with van der Waals surface area (Å²) in [6.45, 7) is 4.32. The summed E-state index contributed by atoms with van der Waals surface area (Å²) in [5.74, 6) is 0.244. The number of anilines is 1. The topological polar surface area (TPSA) is 102 Å². The second-order valence-electron chi connectivity index (χ2n) is 9.63. The molecule has 0 radical (unpaired) electrons. The van der Waals surface area contributed by atoms with Crippen LogP contribution < -0.4 is 15.0 Å². The summed E-state index contributed by atoms with van der Waals surface area (Å²) in [5, 5.41) is 7.57. The van der Waals surface area contributed by atoms with Gasteiger partial charge >= 0.3 is 12.4 Å². The lowest BCUT2D eigenvalue weighted by Gasteiger charge is -2.20. The number of aromatic nitrogens is 3. The van der Waals surface area contributed by atoms with Crippen molar-refractivity contribution in [1.82, 2.24) is 20.1 Å². The molecule has 13 heteroatoms. The fraction of sp³-hybridized carbons (Fsp3) is 0.233. The largest absolute Gasteiger partial charge is 0.573 e. The van der Waals surface area contributed by atoms with Crippen LogP contribution in [0.25, 0.3) is 17.1 Å². The van der Waals surface area contributed by atoms with Crippen molar-refractivity contribution in [2.75, 3.05) is 17.2 Å². The molecule has 222 valence electrons. The molecule has 0 bridgehead atoms. The highest BCUT2D eigenvalue weighted by atomic mass is 32.2. The number of benzene rings is 3. The van der Waals surface area contributed by atoms with Crippen molar-refractivity contribution in [3.05, 3.63) is 89.7 Å². The van der Waals surface area contributed by atoms with Crippen LogP contribution in [0.5, 0.6) is 5.75 Å². The second-order valence-corrected chi connectivity index (χ2v) is 10.6. The van der Waals surface area contributed by atoms with Crippen LogP contribution in [0.3, 0.4) is 0 Å². The van der Waals surface area contributed by atoms with Crippen molar-refractivity contribution in [3.8, 4) is 22.8 Å². The first kappa shape index (κ1) is 29.8. The first-order valence-electron chi connectivity index (χ1n) is 13.4. The maximum Gasteiger partial charge on any atom is 0.573 e. The standard InChI is InChI=1S/C30H27F3N6O3S/c1-3-21-7-4-19(2)16-25(21)39-26(40)17-43-29(39)36-28(41)34-15-14-20-5-8-22(9-6-20)27-35-18-38(37-27)23-10-12-24(13-11-23)42-30(31,32)33/h4-13,16,18H,3,14-15,17H2,1-2H3,(H,34,41)/b36-29-. The van der Waals surface area contributed by atoms with Crippen molar-refractivity contribution in [2.24, 2.45) is 4.99 Å². The van der Waals surface area contributed by atoms with Crippen LogP contribution in [0.2, 0.25) is 0 Å². The van der Waals surface area contributed by atoms with E-state index in [2.05, 4.69) is 25.1 Å². The number of alkyl halides is 3. The number of hydrogen-bond acceptors (Lipinski definition) is 6. The number of carbonyl (C=O) groups is 2. The molecule has 3 amide bonds. The molecule has 3 aromatic carbocycles. The number of amidine groups is 1. The van der Waals surface area contributed by atoms with Gasteiger partial charge in [0.15, 0.2) is 11.0 Å². The zero-order valence-corrected chi connectivity index (χ0v) is 24.1. The Morgan fingerprint density at radius 2 is 1.84 bits per heavy atom. The molecule has 4 aromatic rings. The van der Waals surface area contributed by atoms with Crippen molar-refractivity contribution in [2.45, 2.75) is 33.1 Å². The monoisotopic (exact) mass is 608 g/mol. The number of aliphatic imine (C=N–C) groups is 1. The molecule has 1 aromatic heterocycles. The molecule has 43 heavy (non-hydrogen) atoms. The summed E-state index contributed by atoms with van der Waals surface area (Å²) in [6.07, 6.45) is -1.98. The van der Waals surface area contributed by atoms with Gasteiger partial charge in [0.05, 0.1) is 17.1 Å². The smallest absolute Gasteiger partial charge is 0.406 e. The molecular weight excluding hydrogens is 581 g/mol. The van der Waals surface area contributed by atoms with E-state index < -0.39 is 12.4 Å². The Bertz CT molecular complexity index is 1650. The third kappa shape index (κ3) is 7.41. The zero-order valence-electron chi connectivity index (χ0n) is 23.3. The summed E-state index contributed by atoms with van der Waals surface area (Å²) in [6, 6.07) is 18.2. The zero-order chi connectivity index (χ0) is 30.6. The Morgan fingerprint density at radius 1 is 1.09 bits per heavy atom. The maximum atomic E-state index is 12.6. The molecule has 0 aliphatic carbocycles. The van der Waals surface area contributed by atoms with E-state index in [-0.39, 0.29) is 17.4 Å². The average Bonchev–Trinajstić information content (AvgIpc) is 3.60. The second kappa shape index (κ2) is 12.7. The van der Waals surface area contributed by atoms with E-state index in [0.717, 1.165) is 34.4 Å². The quantitative estimate of drug-likeness (QED) is 0.260. The molecule has 1 saturated heterocycles. The van der Waals surface area contributed by atoms with Gasteiger partial charge in [-0.2, -0.15) is 4.99 Å². The molecule has 9 nitrogen and oxygen atoms in total. The highest BCUT2D eigenvalue weighted by Crippen LogP contribution is 2.31. The number of hydrogen-bond donors (Lipinski definition) is 1. The van der Waals surface area contributed by atoms with Crippen LogP contribution in [0, 0.1) is 6.92 Å². The Labute approximate surface area is 249 Å². The lowest BCUT2D eigenvalue weighted by atomic mass is 10.1. The minimum atomic E-state index is -4.76. The molecule has 0 spiro atoms. The fourth-order valence-electron chi connectivity index (χ4n) is 4.44. The summed E-state index contributed by atoms with van der Waals surface area (Å²) in [7, 11) is 0. The highest BCUT2D eigenvalue weighted by molar-refractivity contribution is 8.15. The third-order valence-electron chi connectivity index (χ3n) is 6.55. The van der Waals surface area contributed by atoms with E-state index >= 15 is 0 Å². The number of rotatable bonds is 8. The van der Waals surface area contributed by atoms with Crippen molar-refractivity contribution in [1.29, 1.82) is 0 Å². The van der Waals surface area contributed by atoms with Gasteiger partial charge in [-0.15, -0.1) is 18.3 Å². The van der Waals surface area contributed by atoms with Gasteiger partial charge in [-0.05, 0) is 66.8 Å². The Hall–Kier alpha value is -4.65. The molecule has 1 N–H and O–H groups in total. The molecule has 0 saturated carbocycles. The summed E-state index contributed by atoms with van der Waals surface area (Å²) in [5.41, 5.74) is 5.03. The van der Waals surface area contributed by atoms with Crippen molar-refractivity contribution in [3.63, 3.8) is 0 Å². The maximum absolute atomic E-state index is 12.6. The number of ether oxygens (including phenoxy) is 1. The highest BCUT2D eigenvalue weighted by Gasteiger charge is 2.32. The SMILES string of the molecule is CCc1ccc(C)cc1N1C(=O)CS/C1=N\C(=O)NCCc1ccc(-c2ncn(-c3ccc(OC(F)(F)F)cc3)n2)cc1. The molecule has 1 aliphatic rings. The molecule has 0 atom stereocenters. The van der Waals surface area contributed by atoms with Crippen LogP contribution in [0.1, 0.15) is 23.6 Å². The molecule has 1 aliphatic heterocycles. The van der Waals surface area contributed by atoms with Crippen LogP contribution in [-0.2, 0) is 17.6 Å². The first-order chi connectivity index (χ1) is 20.6. The van der Waals surface area contributed by atoms with Gasteiger partial charge in [0.2, 0.25) is 5.91 Å². The van der Waals surface area contributed by atoms with Gasteiger partial charge in [0.25, 0.3) is 0 Å². The van der Waals surface area contributed by atoms with Crippen LogP contribution in [0.15, 0.2) is 78.0 Å². The van der Waals surface area contributed by atoms with E-state index in [1.165, 1.54) is 51.9 Å². The number of aryl methyl sites for hydroxylation is 2. The van der Waals surface area contributed by atoms with Gasteiger partial charge < -0.3 is 10.1 Å². The van der Waals surface area contributed by atoms with Gasteiger partial charge in [-0.3, -0.25) is 9.69 Å². The summed E-state index contributed by atoms with van der Waals surface area (Å²) >= 11 is 1.24. The Morgan fingerprint density at radius 3 is 2.53 bits per heavy atom. The number of halogens is 3. The van der Waals surface area contributed by atoms with Crippen molar-refractivity contribution >= 4 is 34.6 Å². The molecule has 1 fully saturated rings. The number of carbonyl (C=O) groups excluding carboxylic acids is 2. The van der Waals surface area contributed by atoms with E-state index in [1.54, 1.807) is 0 Å². The lowest BCUT2D eigenvalue weighted by molar-refractivity contribution is -0.274. The Balaban J connectivity index is 1.17. The van der Waals surface area contributed by atoms with Crippen LogP contribution >= 0.6 is 11.8 Å². The fourth-order valence-corrected chi connectivity index (χ4v) is 5.30. The van der Waals surface area contributed by atoms with Gasteiger partial charge in [-0.25, -0.2) is 14.5 Å². The van der Waals surface area contributed by atoms with E-state index in [9.17, 15) is 22.8 Å². The number of nitrogens with zero attached hydrogens (tertiary/aromatic N) is 5. The van der Waals surface area contributed by atoms with Crippen LogP contribution in [-0.4, -0.2) is 50.5 Å². The third-order valence-corrected chi connectivity index (χ3v) is 7.48.